The van der Waals surface area contributed by atoms with Gasteiger partial charge in [-0.2, -0.15) is 0 Å². The highest BCUT2D eigenvalue weighted by atomic mass is 19.2. The van der Waals surface area contributed by atoms with Crippen molar-refractivity contribution in [1.29, 1.82) is 0 Å². The van der Waals surface area contributed by atoms with Gasteiger partial charge in [0.2, 0.25) is 11.5 Å². The molecule has 4 heteroatoms. The summed E-state index contributed by atoms with van der Waals surface area (Å²) in [7, 11) is 0. The molecule has 0 fully saturated rings. The molecule has 1 aromatic rings. The van der Waals surface area contributed by atoms with Gasteiger partial charge in [-0.3, -0.25) is 0 Å². The zero-order valence-corrected chi connectivity index (χ0v) is 8.27. The Morgan fingerprint density at radius 2 is 1.62 bits per heavy atom. The van der Waals surface area contributed by atoms with Crippen molar-refractivity contribution in [2.24, 2.45) is 0 Å². The standard InChI is InChI=1S/C12H10F2O2/c13-10-8-11(15,16)6-7-12(10,14)9-4-2-1-3-5-9/h1-8,15-16H. The van der Waals surface area contributed by atoms with E-state index in [4.69, 9.17) is 10.2 Å². The summed E-state index contributed by atoms with van der Waals surface area (Å²) < 4.78 is 27.8. The number of halogens is 2. The van der Waals surface area contributed by atoms with Gasteiger partial charge in [-0.1, -0.05) is 30.3 Å². The van der Waals surface area contributed by atoms with Crippen molar-refractivity contribution in [2.75, 3.05) is 0 Å². The third-order valence-electron chi connectivity index (χ3n) is 2.44. The van der Waals surface area contributed by atoms with Gasteiger partial charge in [0.15, 0.2) is 0 Å². The Morgan fingerprint density at radius 3 is 2.19 bits per heavy atom. The molecule has 2 N–H and O–H groups in total. The van der Waals surface area contributed by atoms with Crippen LogP contribution in [-0.2, 0) is 5.67 Å². The molecule has 1 aliphatic rings. The van der Waals surface area contributed by atoms with Crippen molar-refractivity contribution in [1.82, 2.24) is 0 Å². The number of hydrogen-bond donors (Lipinski definition) is 2. The molecule has 0 amide bonds. The van der Waals surface area contributed by atoms with Crippen molar-refractivity contribution in [3.63, 3.8) is 0 Å². The fraction of sp³-hybridized carbons (Fsp3) is 0.167. The van der Waals surface area contributed by atoms with Gasteiger partial charge in [0.25, 0.3) is 0 Å². The van der Waals surface area contributed by atoms with E-state index in [0.29, 0.717) is 6.08 Å². The van der Waals surface area contributed by atoms with Crippen LogP contribution in [-0.4, -0.2) is 16.0 Å². The van der Waals surface area contributed by atoms with Gasteiger partial charge in [0, 0.05) is 6.08 Å². The third kappa shape index (κ3) is 1.77. The first-order chi connectivity index (χ1) is 7.44. The highest BCUT2D eigenvalue weighted by Gasteiger charge is 2.40. The molecule has 0 saturated heterocycles. The molecule has 1 atom stereocenters. The maximum Gasteiger partial charge on any atom is 0.206 e. The number of allylic oxidation sites excluding steroid dienone is 2. The molecule has 2 nitrogen and oxygen atoms in total. The Kier molecular flexibility index (Phi) is 2.40. The number of alkyl halides is 1. The van der Waals surface area contributed by atoms with E-state index in [1.165, 1.54) is 12.1 Å². The van der Waals surface area contributed by atoms with Gasteiger partial charge in [-0.05, 0) is 17.7 Å². The lowest BCUT2D eigenvalue weighted by Gasteiger charge is -2.27. The number of hydrogen-bond acceptors (Lipinski definition) is 2. The van der Waals surface area contributed by atoms with Crippen molar-refractivity contribution < 1.29 is 19.0 Å². The van der Waals surface area contributed by atoms with Crippen molar-refractivity contribution in [3.05, 3.63) is 60.0 Å². The number of aliphatic hydroxyl groups is 2. The molecular formula is C12H10F2O2. The molecule has 16 heavy (non-hydrogen) atoms. The molecule has 0 heterocycles. The van der Waals surface area contributed by atoms with E-state index < -0.39 is 17.3 Å². The first-order valence-electron chi connectivity index (χ1n) is 4.72. The smallest absolute Gasteiger partial charge is 0.206 e. The molecule has 0 radical (unpaired) electrons. The lowest BCUT2D eigenvalue weighted by atomic mass is 9.89. The Hall–Kier alpha value is -1.52. The summed E-state index contributed by atoms with van der Waals surface area (Å²) in [5.41, 5.74) is -2.31. The van der Waals surface area contributed by atoms with Crippen LogP contribution in [0.1, 0.15) is 5.56 Å². The minimum absolute atomic E-state index is 0.107. The SMILES string of the molecule is OC1(O)C=CC(F)(c2ccccc2)C(F)=C1. The summed E-state index contributed by atoms with van der Waals surface area (Å²) in [6, 6.07) is 7.71. The van der Waals surface area contributed by atoms with Gasteiger partial charge >= 0.3 is 0 Å². The molecule has 0 aliphatic heterocycles. The van der Waals surface area contributed by atoms with Crippen LogP contribution in [0.3, 0.4) is 0 Å². The third-order valence-corrected chi connectivity index (χ3v) is 2.44. The largest absolute Gasteiger partial charge is 0.359 e. The maximum atomic E-state index is 14.3. The van der Waals surface area contributed by atoms with E-state index in [1.807, 2.05) is 0 Å². The number of benzene rings is 1. The lowest BCUT2D eigenvalue weighted by molar-refractivity contribution is -0.0802. The van der Waals surface area contributed by atoms with Crippen LogP contribution in [0.5, 0.6) is 0 Å². The maximum absolute atomic E-state index is 14.3. The predicted molar refractivity (Wildman–Crippen MR) is 54.7 cm³/mol. The first kappa shape index (κ1) is 11.0. The normalized spacial score (nSPS) is 27.6. The van der Waals surface area contributed by atoms with E-state index in [0.717, 1.165) is 12.2 Å². The minimum Gasteiger partial charge on any atom is -0.359 e. The van der Waals surface area contributed by atoms with Gasteiger partial charge in [0.1, 0.15) is 5.83 Å². The van der Waals surface area contributed by atoms with Gasteiger partial charge < -0.3 is 10.2 Å². The van der Waals surface area contributed by atoms with E-state index in [-0.39, 0.29) is 5.56 Å². The molecule has 0 saturated carbocycles. The summed E-state index contributed by atoms with van der Waals surface area (Å²) in [4.78, 5) is 0. The topological polar surface area (TPSA) is 40.5 Å². The molecule has 84 valence electrons. The molecule has 1 aromatic carbocycles. The Balaban J connectivity index is 2.46. The number of rotatable bonds is 1. The molecular weight excluding hydrogens is 214 g/mol. The highest BCUT2D eigenvalue weighted by molar-refractivity contribution is 5.40. The van der Waals surface area contributed by atoms with E-state index in [2.05, 4.69) is 0 Å². The van der Waals surface area contributed by atoms with Crippen LogP contribution in [0.25, 0.3) is 0 Å². The lowest BCUT2D eigenvalue weighted by Crippen LogP contribution is -2.31. The second-order valence-electron chi connectivity index (χ2n) is 3.69. The van der Waals surface area contributed by atoms with Gasteiger partial charge in [-0.15, -0.1) is 0 Å². The van der Waals surface area contributed by atoms with E-state index in [1.54, 1.807) is 18.2 Å². The average Bonchev–Trinajstić information content (AvgIpc) is 2.25. The zero-order chi connectivity index (χ0) is 11.8. The van der Waals surface area contributed by atoms with Crippen LogP contribution >= 0.6 is 0 Å². The van der Waals surface area contributed by atoms with Crippen LogP contribution < -0.4 is 0 Å². The molecule has 1 unspecified atom stereocenters. The fourth-order valence-electron chi connectivity index (χ4n) is 1.57. The first-order valence-corrected chi connectivity index (χ1v) is 4.72. The van der Waals surface area contributed by atoms with Gasteiger partial charge in [0.05, 0.1) is 0 Å². The van der Waals surface area contributed by atoms with Crippen molar-refractivity contribution in [2.45, 2.75) is 11.5 Å². The summed E-state index contributed by atoms with van der Waals surface area (Å²) in [5.74, 6) is -3.65. The van der Waals surface area contributed by atoms with E-state index >= 15 is 0 Å². The molecule has 1 aliphatic carbocycles. The quantitative estimate of drug-likeness (QED) is 0.565. The minimum atomic E-state index is -2.42. The van der Waals surface area contributed by atoms with Crippen LogP contribution in [0.2, 0.25) is 0 Å². The highest BCUT2D eigenvalue weighted by Crippen LogP contribution is 2.40. The fourth-order valence-corrected chi connectivity index (χ4v) is 1.57. The van der Waals surface area contributed by atoms with Crippen molar-refractivity contribution in [3.8, 4) is 0 Å². The summed E-state index contributed by atoms with van der Waals surface area (Å²) in [6.07, 6.45) is 2.06. The summed E-state index contributed by atoms with van der Waals surface area (Å²) in [5, 5.41) is 18.2. The average molecular weight is 224 g/mol. The summed E-state index contributed by atoms with van der Waals surface area (Å²) in [6.45, 7) is 0. The monoisotopic (exact) mass is 224 g/mol. The van der Waals surface area contributed by atoms with Crippen LogP contribution in [0.15, 0.2) is 54.4 Å². The Morgan fingerprint density at radius 1 is 1.00 bits per heavy atom. The predicted octanol–water partition coefficient (Wildman–Crippen LogP) is 1.96. The Labute approximate surface area is 91.2 Å². The van der Waals surface area contributed by atoms with Crippen LogP contribution in [0, 0.1) is 0 Å². The van der Waals surface area contributed by atoms with Crippen molar-refractivity contribution >= 4 is 0 Å². The molecule has 0 bridgehead atoms. The van der Waals surface area contributed by atoms with E-state index in [9.17, 15) is 8.78 Å². The summed E-state index contributed by atoms with van der Waals surface area (Å²) >= 11 is 0. The second-order valence-corrected chi connectivity index (χ2v) is 3.69. The second kappa shape index (κ2) is 3.50. The molecule has 0 aromatic heterocycles. The Bertz CT molecular complexity index is 451. The molecule has 0 spiro atoms. The van der Waals surface area contributed by atoms with Gasteiger partial charge in [-0.25, -0.2) is 8.78 Å². The molecule has 2 rings (SSSR count). The van der Waals surface area contributed by atoms with Crippen LogP contribution in [0.4, 0.5) is 8.78 Å². The zero-order valence-electron chi connectivity index (χ0n) is 8.27.